The number of hydrogen-bond donors (Lipinski definition) is 1. The zero-order valence-electron chi connectivity index (χ0n) is 11.9. The molecule has 1 aliphatic heterocycles. The Kier molecular flexibility index (Phi) is 7.82. The van der Waals surface area contributed by atoms with Crippen LogP contribution in [0.25, 0.3) is 0 Å². The van der Waals surface area contributed by atoms with Crippen molar-refractivity contribution < 1.29 is 4.74 Å². The molecule has 3 heteroatoms. The van der Waals surface area contributed by atoms with Gasteiger partial charge in [-0.25, -0.2) is 0 Å². The summed E-state index contributed by atoms with van der Waals surface area (Å²) in [4.78, 5) is 2.64. The fourth-order valence-electron chi connectivity index (χ4n) is 2.84. The quantitative estimate of drug-likeness (QED) is 0.660. The molecule has 1 heterocycles. The lowest BCUT2D eigenvalue weighted by atomic mass is 9.90. The van der Waals surface area contributed by atoms with Gasteiger partial charge < -0.3 is 15.0 Å². The van der Waals surface area contributed by atoms with Crippen LogP contribution in [0.3, 0.4) is 0 Å². The predicted octanol–water partition coefficient (Wildman–Crippen LogP) is 2.12. The first-order chi connectivity index (χ1) is 8.31. The number of rotatable bonds is 8. The lowest BCUT2D eigenvalue weighted by Crippen LogP contribution is -2.49. The molecular weight excluding hydrogens is 212 g/mol. The second-order valence-electron chi connectivity index (χ2n) is 5.12. The molecule has 1 aliphatic rings. The number of likely N-dealkylation sites (tertiary alicyclic amines) is 1. The summed E-state index contributed by atoms with van der Waals surface area (Å²) in [6.07, 6.45) is 5.08. The summed E-state index contributed by atoms with van der Waals surface area (Å²) in [5.41, 5.74) is 0. The van der Waals surface area contributed by atoms with Gasteiger partial charge in [0.25, 0.3) is 0 Å². The van der Waals surface area contributed by atoms with Crippen molar-refractivity contribution in [3.05, 3.63) is 0 Å². The van der Waals surface area contributed by atoms with E-state index in [-0.39, 0.29) is 0 Å². The van der Waals surface area contributed by atoms with Gasteiger partial charge in [0.15, 0.2) is 0 Å². The molecule has 0 amide bonds. The zero-order chi connectivity index (χ0) is 12.5. The van der Waals surface area contributed by atoms with Gasteiger partial charge in [0, 0.05) is 26.3 Å². The number of nitrogens with one attached hydrogen (secondary N) is 1. The van der Waals surface area contributed by atoms with E-state index in [1.807, 2.05) is 0 Å². The molecular formula is C14H30N2O. The molecule has 0 bridgehead atoms. The first-order valence-corrected chi connectivity index (χ1v) is 7.26. The topological polar surface area (TPSA) is 24.5 Å². The highest BCUT2D eigenvalue weighted by atomic mass is 16.5. The second-order valence-corrected chi connectivity index (χ2v) is 5.12. The first-order valence-electron chi connectivity index (χ1n) is 7.26. The summed E-state index contributed by atoms with van der Waals surface area (Å²) in [6, 6.07) is 0.750. The maximum atomic E-state index is 5.09. The third-order valence-corrected chi connectivity index (χ3v) is 3.88. The van der Waals surface area contributed by atoms with Crippen molar-refractivity contribution in [3.8, 4) is 0 Å². The number of unbranched alkanes of at least 4 members (excludes halogenated alkanes) is 1. The van der Waals surface area contributed by atoms with Crippen molar-refractivity contribution >= 4 is 0 Å². The van der Waals surface area contributed by atoms with Crippen molar-refractivity contribution in [3.63, 3.8) is 0 Å². The van der Waals surface area contributed by atoms with Crippen LogP contribution in [-0.2, 0) is 4.74 Å². The van der Waals surface area contributed by atoms with Gasteiger partial charge in [-0.1, -0.05) is 20.3 Å². The van der Waals surface area contributed by atoms with E-state index in [1.54, 1.807) is 7.11 Å². The van der Waals surface area contributed by atoms with E-state index in [0.29, 0.717) is 0 Å². The van der Waals surface area contributed by atoms with Crippen LogP contribution in [0, 0.1) is 5.92 Å². The standard InChI is InChI=1S/C14H30N2O/c1-4-13-12-16(9-6-7-11-17-3)10-8-14(13)15-5-2/h13-15H,4-12H2,1-3H3. The van der Waals surface area contributed by atoms with Crippen molar-refractivity contribution in [2.45, 2.75) is 45.6 Å². The maximum absolute atomic E-state index is 5.09. The number of ether oxygens (including phenoxy) is 1. The van der Waals surface area contributed by atoms with Gasteiger partial charge in [0.1, 0.15) is 0 Å². The average molecular weight is 242 g/mol. The number of piperidine rings is 1. The van der Waals surface area contributed by atoms with Gasteiger partial charge in [0.05, 0.1) is 0 Å². The summed E-state index contributed by atoms with van der Waals surface area (Å²) >= 11 is 0. The van der Waals surface area contributed by atoms with Crippen LogP contribution in [0.5, 0.6) is 0 Å². The molecule has 0 aromatic carbocycles. The molecule has 0 spiro atoms. The monoisotopic (exact) mass is 242 g/mol. The van der Waals surface area contributed by atoms with Crippen LogP contribution >= 0.6 is 0 Å². The number of nitrogens with zero attached hydrogens (tertiary/aromatic N) is 1. The average Bonchev–Trinajstić information content (AvgIpc) is 2.36. The minimum Gasteiger partial charge on any atom is -0.385 e. The Morgan fingerprint density at radius 2 is 2.12 bits per heavy atom. The van der Waals surface area contributed by atoms with Crippen LogP contribution < -0.4 is 5.32 Å². The van der Waals surface area contributed by atoms with E-state index in [1.165, 1.54) is 45.3 Å². The lowest BCUT2D eigenvalue weighted by molar-refractivity contribution is 0.128. The van der Waals surface area contributed by atoms with Crippen LogP contribution in [0.4, 0.5) is 0 Å². The molecule has 102 valence electrons. The molecule has 1 N–H and O–H groups in total. The molecule has 0 aromatic rings. The molecule has 2 atom stereocenters. The van der Waals surface area contributed by atoms with Crippen LogP contribution in [0.1, 0.15) is 39.5 Å². The molecule has 0 aliphatic carbocycles. The highest BCUT2D eigenvalue weighted by Gasteiger charge is 2.26. The van der Waals surface area contributed by atoms with Gasteiger partial charge in [0.2, 0.25) is 0 Å². The van der Waals surface area contributed by atoms with Crippen molar-refractivity contribution in [2.75, 3.05) is 39.9 Å². The van der Waals surface area contributed by atoms with Crippen LogP contribution in [0.15, 0.2) is 0 Å². The van der Waals surface area contributed by atoms with E-state index in [4.69, 9.17) is 4.74 Å². The Bertz CT molecular complexity index is 185. The summed E-state index contributed by atoms with van der Waals surface area (Å²) in [5, 5.41) is 3.64. The molecule has 0 saturated carbocycles. The van der Waals surface area contributed by atoms with Crippen molar-refractivity contribution in [1.82, 2.24) is 10.2 Å². The van der Waals surface area contributed by atoms with E-state index in [9.17, 15) is 0 Å². The highest BCUT2D eigenvalue weighted by molar-refractivity contribution is 4.84. The molecule has 1 fully saturated rings. The van der Waals surface area contributed by atoms with E-state index < -0.39 is 0 Å². The largest absolute Gasteiger partial charge is 0.385 e. The minimum absolute atomic E-state index is 0.750. The highest BCUT2D eigenvalue weighted by Crippen LogP contribution is 2.20. The summed E-state index contributed by atoms with van der Waals surface area (Å²) in [6.45, 7) is 10.3. The molecule has 2 unspecified atom stereocenters. The minimum atomic E-state index is 0.750. The normalized spacial score (nSPS) is 26.3. The zero-order valence-corrected chi connectivity index (χ0v) is 11.9. The van der Waals surface area contributed by atoms with Crippen molar-refractivity contribution in [2.24, 2.45) is 5.92 Å². The fraction of sp³-hybridized carbons (Fsp3) is 1.00. The fourth-order valence-corrected chi connectivity index (χ4v) is 2.84. The van der Waals surface area contributed by atoms with Crippen LogP contribution in [0.2, 0.25) is 0 Å². The number of hydrogen-bond acceptors (Lipinski definition) is 3. The lowest BCUT2D eigenvalue weighted by Gasteiger charge is -2.38. The van der Waals surface area contributed by atoms with Gasteiger partial charge in [-0.2, -0.15) is 0 Å². The maximum Gasteiger partial charge on any atom is 0.0462 e. The summed E-state index contributed by atoms with van der Waals surface area (Å²) in [7, 11) is 1.79. The van der Waals surface area contributed by atoms with Gasteiger partial charge in [-0.05, 0) is 44.8 Å². The smallest absolute Gasteiger partial charge is 0.0462 e. The molecule has 1 saturated heterocycles. The van der Waals surface area contributed by atoms with E-state index in [0.717, 1.165) is 25.1 Å². The Morgan fingerprint density at radius 3 is 2.76 bits per heavy atom. The third kappa shape index (κ3) is 5.36. The Labute approximate surface area is 107 Å². The second kappa shape index (κ2) is 8.90. The molecule has 1 rings (SSSR count). The Balaban J connectivity index is 2.22. The third-order valence-electron chi connectivity index (χ3n) is 3.88. The van der Waals surface area contributed by atoms with Crippen molar-refractivity contribution in [1.29, 1.82) is 0 Å². The summed E-state index contributed by atoms with van der Waals surface area (Å²) in [5.74, 6) is 0.839. The van der Waals surface area contributed by atoms with Gasteiger partial charge in [-0.3, -0.25) is 0 Å². The SMILES string of the molecule is CCNC1CCN(CCCCOC)CC1CC. The Morgan fingerprint density at radius 1 is 1.29 bits per heavy atom. The molecule has 17 heavy (non-hydrogen) atoms. The summed E-state index contributed by atoms with van der Waals surface area (Å²) < 4.78 is 5.09. The van der Waals surface area contributed by atoms with E-state index in [2.05, 4.69) is 24.1 Å². The first kappa shape index (κ1) is 14.9. The number of methoxy groups -OCH3 is 1. The molecule has 0 aromatic heterocycles. The molecule has 3 nitrogen and oxygen atoms in total. The molecule has 0 radical (unpaired) electrons. The Hall–Kier alpha value is -0.120. The van der Waals surface area contributed by atoms with Crippen LogP contribution in [-0.4, -0.2) is 50.8 Å². The van der Waals surface area contributed by atoms with Gasteiger partial charge in [-0.15, -0.1) is 0 Å². The van der Waals surface area contributed by atoms with Gasteiger partial charge >= 0.3 is 0 Å². The van der Waals surface area contributed by atoms with E-state index >= 15 is 0 Å². The predicted molar refractivity (Wildman–Crippen MR) is 73.4 cm³/mol.